The fraction of sp³-hybridized carbons (Fsp3) is 0.273. The summed E-state index contributed by atoms with van der Waals surface area (Å²) in [6.45, 7) is 3.30. The molecule has 0 fully saturated rings. The van der Waals surface area contributed by atoms with Crippen LogP contribution in [0.5, 0.6) is 11.5 Å². The van der Waals surface area contributed by atoms with E-state index >= 15 is 0 Å². The second-order valence-corrected chi connectivity index (χ2v) is 7.08. The molecule has 0 saturated carbocycles. The molecular formula is C22H24N2O3S. The van der Waals surface area contributed by atoms with E-state index in [1.165, 1.54) is 11.3 Å². The van der Waals surface area contributed by atoms with Crippen LogP contribution in [0.15, 0.2) is 60.0 Å². The van der Waals surface area contributed by atoms with Crippen LogP contribution < -0.4 is 14.8 Å². The normalized spacial score (nSPS) is 10.5. The molecule has 0 bridgehead atoms. The number of rotatable bonds is 10. The zero-order valence-electron chi connectivity index (χ0n) is 15.9. The number of hydrogen-bond donors (Lipinski definition) is 1. The molecule has 0 atom stereocenters. The fourth-order valence-corrected chi connectivity index (χ4v) is 3.26. The zero-order chi connectivity index (χ0) is 19.6. The van der Waals surface area contributed by atoms with E-state index < -0.39 is 0 Å². The first-order valence-electron chi connectivity index (χ1n) is 9.41. The Labute approximate surface area is 169 Å². The molecule has 0 unspecified atom stereocenters. The summed E-state index contributed by atoms with van der Waals surface area (Å²) in [4.78, 5) is 16.6. The van der Waals surface area contributed by atoms with E-state index in [2.05, 4.69) is 17.2 Å². The lowest BCUT2D eigenvalue weighted by Crippen LogP contribution is -2.12. The van der Waals surface area contributed by atoms with Crippen LogP contribution in [0.2, 0.25) is 0 Å². The number of anilines is 1. The highest BCUT2D eigenvalue weighted by molar-refractivity contribution is 7.14. The van der Waals surface area contributed by atoms with Crippen molar-refractivity contribution in [3.05, 3.63) is 60.0 Å². The molecule has 1 amide bonds. The lowest BCUT2D eigenvalue weighted by atomic mass is 10.2. The molecule has 146 valence electrons. The molecular weight excluding hydrogens is 372 g/mol. The van der Waals surface area contributed by atoms with E-state index in [1.807, 2.05) is 60.0 Å². The third kappa shape index (κ3) is 6.09. The molecule has 0 aliphatic rings. The van der Waals surface area contributed by atoms with Gasteiger partial charge in [-0.2, -0.15) is 0 Å². The number of ether oxygens (including phenoxy) is 2. The zero-order valence-corrected chi connectivity index (χ0v) is 16.7. The summed E-state index contributed by atoms with van der Waals surface area (Å²) in [5.74, 6) is 1.62. The van der Waals surface area contributed by atoms with Gasteiger partial charge in [-0.05, 0) is 49.2 Å². The number of carbonyl (C=O) groups is 1. The number of carbonyl (C=O) groups excluding carboxylic acids is 1. The monoisotopic (exact) mass is 396 g/mol. The molecule has 0 radical (unpaired) electrons. The number of para-hydroxylation sites is 1. The minimum atomic E-state index is -0.0547. The molecule has 6 heteroatoms. The van der Waals surface area contributed by atoms with Crippen LogP contribution in [-0.4, -0.2) is 24.1 Å². The van der Waals surface area contributed by atoms with Crippen LogP contribution in [0.25, 0.3) is 11.3 Å². The van der Waals surface area contributed by atoms with Gasteiger partial charge in [-0.15, -0.1) is 11.3 Å². The Balaban J connectivity index is 1.44. The highest BCUT2D eigenvalue weighted by Crippen LogP contribution is 2.26. The Kier molecular flexibility index (Phi) is 7.44. The highest BCUT2D eigenvalue weighted by Gasteiger charge is 2.08. The Bertz CT molecular complexity index is 863. The minimum Gasteiger partial charge on any atom is -0.494 e. The molecule has 0 spiro atoms. The summed E-state index contributed by atoms with van der Waals surface area (Å²) < 4.78 is 11.2. The van der Waals surface area contributed by atoms with Gasteiger partial charge in [0.25, 0.3) is 0 Å². The van der Waals surface area contributed by atoms with Crippen molar-refractivity contribution >= 4 is 22.4 Å². The molecule has 1 heterocycles. The second kappa shape index (κ2) is 10.5. The summed E-state index contributed by atoms with van der Waals surface area (Å²) in [5.41, 5.74) is 1.84. The molecule has 3 rings (SSSR count). The quantitative estimate of drug-likeness (QED) is 0.466. The summed E-state index contributed by atoms with van der Waals surface area (Å²) in [6.07, 6.45) is 2.03. The minimum absolute atomic E-state index is 0.0547. The van der Waals surface area contributed by atoms with Gasteiger partial charge in [0.2, 0.25) is 5.91 Å². The van der Waals surface area contributed by atoms with Gasteiger partial charge in [0.1, 0.15) is 11.5 Å². The first-order valence-corrected chi connectivity index (χ1v) is 10.3. The van der Waals surface area contributed by atoms with Crippen molar-refractivity contribution in [2.24, 2.45) is 0 Å². The number of hydrogen-bond acceptors (Lipinski definition) is 5. The van der Waals surface area contributed by atoms with E-state index in [-0.39, 0.29) is 5.91 Å². The van der Waals surface area contributed by atoms with Gasteiger partial charge in [-0.25, -0.2) is 4.98 Å². The van der Waals surface area contributed by atoms with Gasteiger partial charge in [-0.1, -0.05) is 25.1 Å². The molecule has 0 aliphatic heterocycles. The van der Waals surface area contributed by atoms with Crippen LogP contribution in [0.4, 0.5) is 5.13 Å². The Hall–Kier alpha value is -2.86. The molecule has 5 nitrogen and oxygen atoms in total. The van der Waals surface area contributed by atoms with Crippen molar-refractivity contribution in [3.8, 4) is 22.8 Å². The second-order valence-electron chi connectivity index (χ2n) is 6.22. The van der Waals surface area contributed by atoms with E-state index in [4.69, 9.17) is 9.47 Å². The van der Waals surface area contributed by atoms with Gasteiger partial charge in [-0.3, -0.25) is 4.79 Å². The molecule has 3 aromatic rings. The average Bonchev–Trinajstić information content (AvgIpc) is 3.19. The topological polar surface area (TPSA) is 60.5 Å². The summed E-state index contributed by atoms with van der Waals surface area (Å²) in [6, 6.07) is 17.4. The molecule has 0 aliphatic carbocycles. The first kappa shape index (κ1) is 19.9. The van der Waals surface area contributed by atoms with Crippen molar-refractivity contribution in [1.82, 2.24) is 4.98 Å². The van der Waals surface area contributed by atoms with Crippen LogP contribution >= 0.6 is 11.3 Å². The number of aromatic nitrogens is 1. The van der Waals surface area contributed by atoms with E-state index in [9.17, 15) is 4.79 Å². The molecule has 1 N–H and O–H groups in total. The number of nitrogens with one attached hydrogen (secondary N) is 1. The number of thiazole rings is 1. The number of nitrogens with zero attached hydrogens (tertiary/aromatic N) is 1. The van der Waals surface area contributed by atoms with E-state index in [0.717, 1.165) is 29.2 Å². The maximum atomic E-state index is 12.1. The van der Waals surface area contributed by atoms with Gasteiger partial charge < -0.3 is 14.8 Å². The lowest BCUT2D eigenvalue weighted by Gasteiger charge is -2.05. The third-order valence-corrected chi connectivity index (χ3v) is 4.69. The standard InChI is InChI=1S/C22H24N2O3S/c1-2-14-26-19-12-10-17(11-13-19)20-16-28-22(23-20)24-21(25)9-6-15-27-18-7-4-3-5-8-18/h3-5,7-8,10-13,16H,2,6,9,14-15H2,1H3,(H,23,24,25). The van der Waals surface area contributed by atoms with Crippen molar-refractivity contribution in [2.75, 3.05) is 18.5 Å². The van der Waals surface area contributed by atoms with Gasteiger partial charge in [0, 0.05) is 17.4 Å². The van der Waals surface area contributed by atoms with Crippen LogP contribution in [0, 0.1) is 0 Å². The van der Waals surface area contributed by atoms with Crippen molar-refractivity contribution in [2.45, 2.75) is 26.2 Å². The van der Waals surface area contributed by atoms with Gasteiger partial charge >= 0.3 is 0 Å². The number of benzene rings is 2. The molecule has 28 heavy (non-hydrogen) atoms. The van der Waals surface area contributed by atoms with Crippen LogP contribution in [0.1, 0.15) is 26.2 Å². The predicted octanol–water partition coefficient (Wildman–Crippen LogP) is 5.40. The fourth-order valence-electron chi connectivity index (χ4n) is 2.53. The maximum Gasteiger partial charge on any atom is 0.226 e. The molecule has 2 aromatic carbocycles. The van der Waals surface area contributed by atoms with Crippen molar-refractivity contribution in [3.63, 3.8) is 0 Å². The van der Waals surface area contributed by atoms with Crippen molar-refractivity contribution in [1.29, 1.82) is 0 Å². The molecule has 1 aromatic heterocycles. The lowest BCUT2D eigenvalue weighted by molar-refractivity contribution is -0.116. The Morgan fingerprint density at radius 2 is 1.71 bits per heavy atom. The highest BCUT2D eigenvalue weighted by atomic mass is 32.1. The average molecular weight is 397 g/mol. The third-order valence-electron chi connectivity index (χ3n) is 3.93. The summed E-state index contributed by atoms with van der Waals surface area (Å²) >= 11 is 1.42. The van der Waals surface area contributed by atoms with Crippen LogP contribution in [-0.2, 0) is 4.79 Å². The summed E-state index contributed by atoms with van der Waals surface area (Å²) in [5, 5.41) is 5.41. The predicted molar refractivity (Wildman–Crippen MR) is 113 cm³/mol. The molecule has 0 saturated heterocycles. The van der Waals surface area contributed by atoms with E-state index in [1.54, 1.807) is 0 Å². The van der Waals surface area contributed by atoms with Gasteiger partial charge in [0.05, 0.1) is 18.9 Å². The Morgan fingerprint density at radius 1 is 1.00 bits per heavy atom. The first-order chi connectivity index (χ1) is 13.7. The smallest absolute Gasteiger partial charge is 0.226 e. The van der Waals surface area contributed by atoms with Gasteiger partial charge in [0.15, 0.2) is 5.13 Å². The maximum absolute atomic E-state index is 12.1. The van der Waals surface area contributed by atoms with Crippen molar-refractivity contribution < 1.29 is 14.3 Å². The van der Waals surface area contributed by atoms with Crippen LogP contribution in [0.3, 0.4) is 0 Å². The summed E-state index contributed by atoms with van der Waals surface area (Å²) in [7, 11) is 0. The number of amides is 1. The largest absolute Gasteiger partial charge is 0.494 e. The Morgan fingerprint density at radius 3 is 2.46 bits per heavy atom. The SMILES string of the molecule is CCCOc1ccc(-c2csc(NC(=O)CCCOc3ccccc3)n2)cc1. The van der Waals surface area contributed by atoms with E-state index in [0.29, 0.717) is 31.2 Å².